The molecule has 3 aromatic heterocycles. The second-order valence-electron chi connectivity index (χ2n) is 4.58. The fraction of sp³-hybridized carbons (Fsp3) is 0.357. The van der Waals surface area contributed by atoms with E-state index >= 15 is 0 Å². The molecule has 1 atom stereocenters. The summed E-state index contributed by atoms with van der Waals surface area (Å²) in [6.07, 6.45) is 5.00. The molecule has 3 heterocycles. The van der Waals surface area contributed by atoms with E-state index in [0.29, 0.717) is 0 Å². The van der Waals surface area contributed by atoms with Crippen molar-refractivity contribution in [3.63, 3.8) is 0 Å². The topological polar surface area (TPSA) is 29.9 Å². The summed E-state index contributed by atoms with van der Waals surface area (Å²) in [6, 6.07) is 4.69. The second kappa shape index (κ2) is 5.45. The third-order valence-electron chi connectivity index (χ3n) is 3.16. The van der Waals surface area contributed by atoms with E-state index in [2.05, 4.69) is 46.4 Å². The Morgan fingerprint density at radius 2 is 2.32 bits per heavy atom. The molecule has 0 fully saturated rings. The second-order valence-corrected chi connectivity index (χ2v) is 6.64. The first-order valence-electron chi connectivity index (χ1n) is 6.47. The number of nitrogens with zero attached hydrogens (tertiary/aromatic N) is 2. The SMILES string of the molecule is CCCNC(c1cc2sccc2s1)c1nccn1C. The number of rotatable bonds is 5. The molecule has 1 N–H and O–H groups in total. The maximum Gasteiger partial charge on any atom is 0.131 e. The summed E-state index contributed by atoms with van der Waals surface area (Å²) in [5.74, 6) is 1.09. The quantitative estimate of drug-likeness (QED) is 0.775. The van der Waals surface area contributed by atoms with Crippen LogP contribution in [-0.4, -0.2) is 16.1 Å². The van der Waals surface area contributed by atoms with E-state index in [4.69, 9.17) is 0 Å². The number of nitrogens with one attached hydrogen (secondary N) is 1. The summed E-state index contributed by atoms with van der Waals surface area (Å²) >= 11 is 3.67. The van der Waals surface area contributed by atoms with Crippen LogP contribution in [0.15, 0.2) is 29.9 Å². The predicted octanol–water partition coefficient (Wildman–Crippen LogP) is 3.79. The molecular formula is C14H17N3S2. The lowest BCUT2D eigenvalue weighted by atomic mass is 10.2. The van der Waals surface area contributed by atoms with Gasteiger partial charge in [0.05, 0.1) is 0 Å². The van der Waals surface area contributed by atoms with Crippen molar-refractivity contribution in [2.24, 2.45) is 7.05 Å². The molecule has 0 aliphatic carbocycles. The molecule has 0 aliphatic heterocycles. The normalized spacial score (nSPS) is 13.2. The van der Waals surface area contributed by atoms with Gasteiger partial charge in [0, 0.05) is 33.7 Å². The molecule has 0 spiro atoms. The first kappa shape index (κ1) is 12.8. The van der Waals surface area contributed by atoms with Crippen molar-refractivity contribution < 1.29 is 0 Å². The summed E-state index contributed by atoms with van der Waals surface area (Å²) in [5, 5.41) is 5.76. The molecule has 3 nitrogen and oxygen atoms in total. The lowest BCUT2D eigenvalue weighted by Gasteiger charge is -2.16. The monoisotopic (exact) mass is 291 g/mol. The van der Waals surface area contributed by atoms with E-state index in [-0.39, 0.29) is 6.04 Å². The van der Waals surface area contributed by atoms with Gasteiger partial charge < -0.3 is 9.88 Å². The summed E-state index contributed by atoms with van der Waals surface area (Å²) in [5.41, 5.74) is 0. The first-order chi connectivity index (χ1) is 9.29. The third-order valence-corrected chi connectivity index (χ3v) is 5.32. The molecule has 3 rings (SSSR count). The fourth-order valence-corrected chi connectivity index (χ4v) is 4.38. The average Bonchev–Trinajstić information content (AvgIpc) is 3.06. The molecule has 3 aromatic rings. The Hall–Kier alpha value is -1.17. The summed E-state index contributed by atoms with van der Waals surface area (Å²) in [4.78, 5) is 5.86. The highest BCUT2D eigenvalue weighted by Gasteiger charge is 2.20. The number of fused-ring (bicyclic) bond motifs is 1. The molecule has 19 heavy (non-hydrogen) atoms. The van der Waals surface area contributed by atoms with Crippen molar-refractivity contribution in [2.45, 2.75) is 19.4 Å². The van der Waals surface area contributed by atoms with E-state index in [1.165, 1.54) is 14.3 Å². The highest BCUT2D eigenvalue weighted by atomic mass is 32.1. The van der Waals surface area contributed by atoms with E-state index in [0.717, 1.165) is 18.8 Å². The van der Waals surface area contributed by atoms with Gasteiger partial charge in [-0.1, -0.05) is 6.92 Å². The van der Waals surface area contributed by atoms with Gasteiger partial charge in [0.2, 0.25) is 0 Å². The molecular weight excluding hydrogens is 274 g/mol. The van der Waals surface area contributed by atoms with Crippen LogP contribution in [-0.2, 0) is 7.05 Å². The van der Waals surface area contributed by atoms with Gasteiger partial charge in [0.1, 0.15) is 11.9 Å². The van der Waals surface area contributed by atoms with Crippen LogP contribution < -0.4 is 5.32 Å². The molecule has 1 unspecified atom stereocenters. The number of aryl methyl sites for hydroxylation is 1. The molecule has 0 saturated heterocycles. The van der Waals surface area contributed by atoms with Crippen LogP contribution in [0.1, 0.15) is 30.1 Å². The molecule has 0 aromatic carbocycles. The largest absolute Gasteiger partial charge is 0.336 e. The van der Waals surface area contributed by atoms with Crippen LogP contribution in [0.2, 0.25) is 0 Å². The highest BCUT2D eigenvalue weighted by Crippen LogP contribution is 2.35. The Kier molecular flexibility index (Phi) is 3.68. The maximum absolute atomic E-state index is 4.51. The van der Waals surface area contributed by atoms with Crippen molar-refractivity contribution in [1.82, 2.24) is 14.9 Å². The van der Waals surface area contributed by atoms with Crippen molar-refractivity contribution in [3.05, 3.63) is 40.6 Å². The van der Waals surface area contributed by atoms with Gasteiger partial charge in [-0.3, -0.25) is 0 Å². The van der Waals surface area contributed by atoms with Crippen LogP contribution in [0.3, 0.4) is 0 Å². The van der Waals surface area contributed by atoms with Crippen LogP contribution in [0.5, 0.6) is 0 Å². The van der Waals surface area contributed by atoms with Gasteiger partial charge >= 0.3 is 0 Å². The smallest absolute Gasteiger partial charge is 0.131 e. The standard InChI is InChI=1S/C14H17N3S2/c1-3-5-15-13(14-16-6-7-17(14)2)12-9-11-10(19-12)4-8-18-11/h4,6-9,13,15H,3,5H2,1-2H3. The zero-order valence-electron chi connectivity index (χ0n) is 11.1. The van der Waals surface area contributed by atoms with Gasteiger partial charge in [-0.25, -0.2) is 4.98 Å². The Morgan fingerprint density at radius 1 is 1.42 bits per heavy atom. The van der Waals surface area contributed by atoms with Crippen molar-refractivity contribution in [3.8, 4) is 0 Å². The average molecular weight is 291 g/mol. The Labute approximate surface area is 120 Å². The minimum absolute atomic E-state index is 0.199. The lowest BCUT2D eigenvalue weighted by Crippen LogP contribution is -2.25. The summed E-state index contributed by atoms with van der Waals surface area (Å²) in [6.45, 7) is 3.19. The predicted molar refractivity (Wildman–Crippen MR) is 83.0 cm³/mol. The van der Waals surface area contributed by atoms with Crippen LogP contribution in [0, 0.1) is 0 Å². The molecule has 0 saturated carbocycles. The number of imidazole rings is 1. The van der Waals surface area contributed by atoms with E-state index < -0.39 is 0 Å². The Balaban J connectivity index is 1.98. The first-order valence-corrected chi connectivity index (χ1v) is 8.16. The molecule has 0 radical (unpaired) electrons. The van der Waals surface area contributed by atoms with Gasteiger partial charge in [0.25, 0.3) is 0 Å². The van der Waals surface area contributed by atoms with Crippen molar-refractivity contribution in [1.29, 1.82) is 0 Å². The number of hydrogen-bond acceptors (Lipinski definition) is 4. The summed E-state index contributed by atoms with van der Waals surface area (Å²) in [7, 11) is 2.05. The third kappa shape index (κ3) is 2.45. The molecule has 0 bridgehead atoms. The Morgan fingerprint density at radius 3 is 3.00 bits per heavy atom. The lowest BCUT2D eigenvalue weighted by molar-refractivity contribution is 0.562. The minimum atomic E-state index is 0.199. The van der Waals surface area contributed by atoms with Crippen molar-refractivity contribution >= 4 is 32.1 Å². The van der Waals surface area contributed by atoms with E-state index in [9.17, 15) is 0 Å². The minimum Gasteiger partial charge on any atom is -0.336 e. The number of thiophene rings is 2. The van der Waals surface area contributed by atoms with Gasteiger partial charge in [-0.05, 0) is 30.5 Å². The number of hydrogen-bond donors (Lipinski definition) is 1. The number of aromatic nitrogens is 2. The van der Waals surface area contributed by atoms with Crippen LogP contribution in [0.25, 0.3) is 9.40 Å². The molecule has 5 heteroatoms. The van der Waals surface area contributed by atoms with Gasteiger partial charge in [-0.2, -0.15) is 0 Å². The Bertz CT molecular complexity index is 636. The van der Waals surface area contributed by atoms with E-state index in [1.54, 1.807) is 11.3 Å². The highest BCUT2D eigenvalue weighted by molar-refractivity contribution is 7.27. The van der Waals surface area contributed by atoms with Crippen molar-refractivity contribution in [2.75, 3.05) is 6.54 Å². The van der Waals surface area contributed by atoms with E-state index in [1.807, 2.05) is 23.7 Å². The molecule has 0 amide bonds. The summed E-state index contributed by atoms with van der Waals surface area (Å²) < 4.78 is 4.84. The molecule has 0 aliphatic rings. The van der Waals surface area contributed by atoms with Crippen LogP contribution in [0.4, 0.5) is 0 Å². The van der Waals surface area contributed by atoms with Crippen LogP contribution >= 0.6 is 22.7 Å². The van der Waals surface area contributed by atoms with Gasteiger partial charge in [-0.15, -0.1) is 22.7 Å². The maximum atomic E-state index is 4.51. The zero-order valence-corrected chi connectivity index (χ0v) is 12.7. The van der Waals surface area contributed by atoms with Gasteiger partial charge in [0.15, 0.2) is 0 Å². The fourth-order valence-electron chi connectivity index (χ4n) is 2.19. The molecule has 100 valence electrons. The zero-order chi connectivity index (χ0) is 13.2.